The van der Waals surface area contributed by atoms with E-state index in [0.717, 1.165) is 12.0 Å². The molecule has 0 aliphatic heterocycles. The third-order valence-electron chi connectivity index (χ3n) is 2.32. The van der Waals surface area contributed by atoms with Gasteiger partial charge >= 0.3 is 0 Å². The predicted molar refractivity (Wildman–Crippen MR) is 42.3 cm³/mol. The van der Waals surface area contributed by atoms with Gasteiger partial charge in [0.2, 0.25) is 0 Å². The molecular formula is C10H9O2-. The van der Waals surface area contributed by atoms with E-state index in [1.165, 1.54) is 0 Å². The van der Waals surface area contributed by atoms with Gasteiger partial charge in [-0.15, -0.1) is 0 Å². The van der Waals surface area contributed by atoms with Gasteiger partial charge in [-0.05, 0) is 17.9 Å². The summed E-state index contributed by atoms with van der Waals surface area (Å²) in [7, 11) is 0. The largest absolute Gasteiger partial charge is 0.550 e. The van der Waals surface area contributed by atoms with Gasteiger partial charge in [0.25, 0.3) is 0 Å². The van der Waals surface area contributed by atoms with E-state index < -0.39 is 5.97 Å². The molecule has 0 aromatic heterocycles. The van der Waals surface area contributed by atoms with Crippen molar-refractivity contribution >= 4 is 5.97 Å². The topological polar surface area (TPSA) is 40.1 Å². The molecule has 1 saturated carbocycles. The Morgan fingerprint density at radius 1 is 1.33 bits per heavy atom. The smallest absolute Gasteiger partial charge is 0.0451 e. The molecule has 2 heteroatoms. The van der Waals surface area contributed by atoms with Crippen LogP contribution >= 0.6 is 0 Å². The van der Waals surface area contributed by atoms with E-state index in [0.29, 0.717) is 0 Å². The molecule has 2 atom stereocenters. The zero-order chi connectivity index (χ0) is 8.55. The van der Waals surface area contributed by atoms with Crippen LogP contribution in [0.3, 0.4) is 0 Å². The van der Waals surface area contributed by atoms with Gasteiger partial charge < -0.3 is 9.90 Å². The maximum atomic E-state index is 10.4. The Morgan fingerprint density at radius 3 is 2.50 bits per heavy atom. The van der Waals surface area contributed by atoms with Gasteiger partial charge in [0, 0.05) is 11.9 Å². The van der Waals surface area contributed by atoms with Crippen molar-refractivity contribution in [3.05, 3.63) is 35.9 Å². The number of benzene rings is 1. The number of carbonyl (C=O) groups is 1. The molecule has 1 aliphatic carbocycles. The SMILES string of the molecule is O=C([O-])[C@@H]1C[C@H]1c1ccccc1. The number of hydrogen-bond donors (Lipinski definition) is 0. The third-order valence-corrected chi connectivity index (χ3v) is 2.32. The van der Waals surface area contributed by atoms with Gasteiger partial charge in [-0.2, -0.15) is 0 Å². The highest BCUT2D eigenvalue weighted by atomic mass is 16.4. The molecule has 0 bridgehead atoms. The maximum Gasteiger partial charge on any atom is 0.0451 e. The molecule has 12 heavy (non-hydrogen) atoms. The number of carboxylic acid groups (broad SMARTS) is 1. The lowest BCUT2D eigenvalue weighted by Gasteiger charge is -2.00. The first kappa shape index (κ1) is 7.35. The highest BCUT2D eigenvalue weighted by Gasteiger charge is 2.38. The first-order chi connectivity index (χ1) is 5.79. The Kier molecular flexibility index (Phi) is 1.61. The molecule has 1 aliphatic rings. The van der Waals surface area contributed by atoms with Crippen LogP contribution in [-0.2, 0) is 4.79 Å². The van der Waals surface area contributed by atoms with Crippen LogP contribution in [0.4, 0.5) is 0 Å². The van der Waals surface area contributed by atoms with Gasteiger partial charge in [-0.3, -0.25) is 0 Å². The number of carboxylic acids is 1. The van der Waals surface area contributed by atoms with Gasteiger partial charge in [-0.1, -0.05) is 30.3 Å². The van der Waals surface area contributed by atoms with Crippen molar-refractivity contribution < 1.29 is 9.90 Å². The third kappa shape index (κ3) is 1.20. The molecule has 2 rings (SSSR count). The Balaban J connectivity index is 2.11. The summed E-state index contributed by atoms with van der Waals surface area (Å²) in [6.45, 7) is 0. The zero-order valence-corrected chi connectivity index (χ0v) is 6.57. The lowest BCUT2D eigenvalue weighted by atomic mass is 10.1. The molecule has 0 radical (unpaired) electrons. The fourth-order valence-corrected chi connectivity index (χ4v) is 1.52. The second-order valence-corrected chi connectivity index (χ2v) is 3.18. The zero-order valence-electron chi connectivity index (χ0n) is 6.57. The first-order valence-corrected chi connectivity index (χ1v) is 4.05. The lowest BCUT2D eigenvalue weighted by molar-refractivity contribution is -0.308. The van der Waals surface area contributed by atoms with Crippen LogP contribution in [-0.4, -0.2) is 5.97 Å². The first-order valence-electron chi connectivity index (χ1n) is 4.05. The van der Waals surface area contributed by atoms with E-state index in [4.69, 9.17) is 0 Å². The van der Waals surface area contributed by atoms with Crippen LogP contribution in [0.2, 0.25) is 0 Å². The Bertz CT molecular complexity index is 292. The fourth-order valence-electron chi connectivity index (χ4n) is 1.52. The molecule has 0 unspecified atom stereocenters. The molecule has 1 fully saturated rings. The minimum absolute atomic E-state index is 0.205. The average Bonchev–Trinajstić information content (AvgIpc) is 2.84. The minimum Gasteiger partial charge on any atom is -0.550 e. The summed E-state index contributed by atoms with van der Waals surface area (Å²) in [6.07, 6.45) is 0.742. The van der Waals surface area contributed by atoms with Gasteiger partial charge in [-0.25, -0.2) is 0 Å². The molecule has 0 saturated heterocycles. The van der Waals surface area contributed by atoms with E-state index in [2.05, 4.69) is 0 Å². The van der Waals surface area contributed by atoms with Gasteiger partial charge in [0.05, 0.1) is 0 Å². The van der Waals surface area contributed by atoms with Gasteiger partial charge in [0.1, 0.15) is 0 Å². The van der Waals surface area contributed by atoms with Crippen molar-refractivity contribution in [1.82, 2.24) is 0 Å². The normalized spacial score (nSPS) is 26.7. The van der Waals surface area contributed by atoms with Gasteiger partial charge in [0.15, 0.2) is 0 Å². The van der Waals surface area contributed by atoms with Crippen molar-refractivity contribution in [2.75, 3.05) is 0 Å². The molecule has 0 amide bonds. The van der Waals surface area contributed by atoms with Crippen LogP contribution in [0.5, 0.6) is 0 Å². The Hall–Kier alpha value is -1.31. The molecule has 0 N–H and O–H groups in total. The standard InChI is InChI=1S/C10H10O2/c11-10(12)9-6-8(9)7-4-2-1-3-5-7/h1-5,8-9H,6H2,(H,11,12)/p-1/t8-,9+/m0/s1. The monoisotopic (exact) mass is 161 g/mol. The number of carbonyl (C=O) groups excluding carboxylic acids is 1. The van der Waals surface area contributed by atoms with Crippen molar-refractivity contribution in [1.29, 1.82) is 0 Å². The Labute approximate surface area is 70.8 Å². The second-order valence-electron chi connectivity index (χ2n) is 3.18. The summed E-state index contributed by atoms with van der Waals surface area (Å²) < 4.78 is 0. The summed E-state index contributed by atoms with van der Waals surface area (Å²) in [5.74, 6) is -0.951. The molecule has 1 aromatic rings. The summed E-state index contributed by atoms with van der Waals surface area (Å²) in [5, 5.41) is 10.4. The quantitative estimate of drug-likeness (QED) is 0.635. The van der Waals surface area contributed by atoms with Crippen molar-refractivity contribution in [2.45, 2.75) is 12.3 Å². The molecular weight excluding hydrogens is 152 g/mol. The summed E-state index contributed by atoms with van der Waals surface area (Å²) in [5.41, 5.74) is 1.12. The highest BCUT2D eigenvalue weighted by molar-refractivity contribution is 5.73. The van der Waals surface area contributed by atoms with E-state index in [1.54, 1.807) is 0 Å². The molecule has 0 heterocycles. The van der Waals surface area contributed by atoms with E-state index in [1.807, 2.05) is 30.3 Å². The predicted octanol–water partition coefficient (Wildman–Crippen LogP) is 0.540. The fraction of sp³-hybridized carbons (Fsp3) is 0.300. The maximum absolute atomic E-state index is 10.4. The van der Waals surface area contributed by atoms with Crippen LogP contribution in [0.25, 0.3) is 0 Å². The average molecular weight is 161 g/mol. The van der Waals surface area contributed by atoms with Crippen molar-refractivity contribution in [3.63, 3.8) is 0 Å². The van der Waals surface area contributed by atoms with Crippen LogP contribution in [0.15, 0.2) is 30.3 Å². The summed E-state index contributed by atoms with van der Waals surface area (Å²) in [4.78, 5) is 10.4. The lowest BCUT2D eigenvalue weighted by Crippen LogP contribution is -2.24. The second kappa shape index (κ2) is 2.63. The number of hydrogen-bond acceptors (Lipinski definition) is 2. The number of aliphatic carboxylic acids is 1. The van der Waals surface area contributed by atoms with Crippen LogP contribution < -0.4 is 5.11 Å². The molecule has 2 nitrogen and oxygen atoms in total. The Morgan fingerprint density at radius 2 is 2.00 bits per heavy atom. The number of rotatable bonds is 2. The summed E-state index contributed by atoms with van der Waals surface area (Å²) in [6, 6.07) is 9.72. The van der Waals surface area contributed by atoms with E-state index in [-0.39, 0.29) is 11.8 Å². The molecule has 62 valence electrons. The van der Waals surface area contributed by atoms with E-state index in [9.17, 15) is 9.90 Å². The molecule has 1 aromatic carbocycles. The molecule has 0 spiro atoms. The van der Waals surface area contributed by atoms with Crippen LogP contribution in [0, 0.1) is 5.92 Å². The van der Waals surface area contributed by atoms with Crippen LogP contribution in [0.1, 0.15) is 17.9 Å². The van der Waals surface area contributed by atoms with E-state index >= 15 is 0 Å². The summed E-state index contributed by atoms with van der Waals surface area (Å²) >= 11 is 0. The van der Waals surface area contributed by atoms with Crippen molar-refractivity contribution in [3.8, 4) is 0 Å². The minimum atomic E-state index is -0.913. The highest BCUT2D eigenvalue weighted by Crippen LogP contribution is 2.46. The van der Waals surface area contributed by atoms with Crippen molar-refractivity contribution in [2.24, 2.45) is 5.92 Å².